The van der Waals surface area contributed by atoms with Gasteiger partial charge in [-0.3, -0.25) is 4.99 Å². The zero-order valence-corrected chi connectivity index (χ0v) is 13.5. The van der Waals surface area contributed by atoms with Gasteiger partial charge in [0.25, 0.3) is 0 Å². The van der Waals surface area contributed by atoms with E-state index in [4.69, 9.17) is 5.73 Å². The molecule has 0 aliphatic heterocycles. The number of hydrogen-bond acceptors (Lipinski definition) is 1. The highest BCUT2D eigenvalue weighted by Gasteiger charge is 2.38. The Balaban J connectivity index is 0.00000133. The quantitative estimate of drug-likeness (QED) is 0.486. The second kappa shape index (κ2) is 6.11. The number of benzene rings is 1. The number of nitrogens with two attached hydrogens (primary N) is 1. The molecule has 1 aromatic carbocycles. The normalized spacial score (nSPS) is 21.2. The van der Waals surface area contributed by atoms with Gasteiger partial charge >= 0.3 is 0 Å². The first kappa shape index (κ1) is 14.6. The molecular weight excluding hydrogens is 349 g/mol. The van der Waals surface area contributed by atoms with Crippen molar-refractivity contribution in [1.82, 2.24) is 5.32 Å². The van der Waals surface area contributed by atoms with E-state index in [0.717, 1.165) is 6.54 Å². The molecule has 0 saturated heterocycles. The molecule has 3 nitrogen and oxygen atoms in total. The summed E-state index contributed by atoms with van der Waals surface area (Å²) in [5.74, 6) is 0.625. The summed E-state index contributed by atoms with van der Waals surface area (Å²) in [6, 6.07) is 11.3. The van der Waals surface area contributed by atoms with Gasteiger partial charge in [0.1, 0.15) is 0 Å². The van der Waals surface area contributed by atoms with Gasteiger partial charge in [-0.1, -0.05) is 36.8 Å². The van der Waals surface area contributed by atoms with Crippen LogP contribution in [0.2, 0.25) is 0 Å². The molecule has 0 aromatic heterocycles. The lowest BCUT2D eigenvalue weighted by molar-refractivity contribution is 0.253. The van der Waals surface area contributed by atoms with Crippen molar-refractivity contribution in [2.24, 2.45) is 10.7 Å². The van der Waals surface area contributed by atoms with Gasteiger partial charge in [-0.15, -0.1) is 24.0 Å². The number of aliphatic imine (C=N–C) groups is 1. The van der Waals surface area contributed by atoms with E-state index in [1.165, 1.54) is 37.7 Å². The first-order valence-electron chi connectivity index (χ1n) is 6.91. The van der Waals surface area contributed by atoms with Gasteiger partial charge in [0.05, 0.1) is 6.54 Å². The van der Waals surface area contributed by atoms with E-state index in [0.29, 0.717) is 12.0 Å². The molecule has 2 saturated carbocycles. The van der Waals surface area contributed by atoms with Crippen LogP contribution in [0.4, 0.5) is 0 Å². The Hall–Kier alpha value is -0.780. The summed E-state index contributed by atoms with van der Waals surface area (Å²) in [6.07, 6.45) is 6.24. The Bertz CT molecular complexity index is 436. The van der Waals surface area contributed by atoms with Crippen molar-refractivity contribution in [2.45, 2.75) is 43.6 Å². The fourth-order valence-electron chi connectivity index (χ4n) is 2.65. The van der Waals surface area contributed by atoms with Crippen molar-refractivity contribution in [1.29, 1.82) is 0 Å². The molecule has 0 spiro atoms. The first-order valence-corrected chi connectivity index (χ1v) is 6.91. The minimum absolute atomic E-state index is 0. The molecule has 2 aliphatic rings. The van der Waals surface area contributed by atoms with E-state index in [1.807, 2.05) is 0 Å². The molecule has 0 heterocycles. The van der Waals surface area contributed by atoms with Gasteiger partial charge in [-0.2, -0.15) is 0 Å². The molecule has 104 valence electrons. The maximum atomic E-state index is 5.92. The van der Waals surface area contributed by atoms with Crippen LogP contribution in [-0.4, -0.2) is 18.5 Å². The van der Waals surface area contributed by atoms with Gasteiger partial charge in [-0.05, 0) is 31.2 Å². The van der Waals surface area contributed by atoms with Crippen LogP contribution in [-0.2, 0) is 5.41 Å². The molecule has 3 N–H and O–H groups in total. The van der Waals surface area contributed by atoms with E-state index in [1.54, 1.807) is 0 Å². The second-order valence-corrected chi connectivity index (χ2v) is 5.62. The van der Waals surface area contributed by atoms with Gasteiger partial charge in [0.15, 0.2) is 5.96 Å². The summed E-state index contributed by atoms with van der Waals surface area (Å²) in [5.41, 5.74) is 7.58. The standard InChI is InChI=1S/C15H21N3.HI/c16-14(18-13-7-8-13)17-11-15(9-4-10-15)12-5-2-1-3-6-12;/h1-3,5-6,13H,4,7-11H2,(H3,16,17,18);1H. The number of nitrogens with one attached hydrogen (secondary N) is 1. The van der Waals surface area contributed by atoms with Crippen LogP contribution in [0.1, 0.15) is 37.7 Å². The largest absolute Gasteiger partial charge is 0.370 e. The number of hydrogen-bond donors (Lipinski definition) is 2. The number of guanidine groups is 1. The average Bonchev–Trinajstić information content (AvgIpc) is 3.13. The predicted molar refractivity (Wildman–Crippen MR) is 90.0 cm³/mol. The molecule has 19 heavy (non-hydrogen) atoms. The molecule has 3 rings (SSSR count). The Morgan fingerprint density at radius 3 is 2.47 bits per heavy atom. The molecule has 0 atom stereocenters. The van der Waals surface area contributed by atoms with Gasteiger partial charge in [0, 0.05) is 11.5 Å². The minimum atomic E-state index is 0. The zero-order chi connectivity index (χ0) is 12.4. The van der Waals surface area contributed by atoms with Crippen molar-refractivity contribution in [3.05, 3.63) is 35.9 Å². The molecule has 0 unspecified atom stereocenters. The lowest BCUT2D eigenvalue weighted by Crippen LogP contribution is -2.40. The Morgan fingerprint density at radius 2 is 1.95 bits per heavy atom. The number of nitrogens with zero attached hydrogens (tertiary/aromatic N) is 1. The second-order valence-electron chi connectivity index (χ2n) is 5.62. The lowest BCUT2D eigenvalue weighted by Gasteiger charge is -2.41. The van der Waals surface area contributed by atoms with Crippen LogP contribution in [0.5, 0.6) is 0 Å². The number of rotatable bonds is 4. The minimum Gasteiger partial charge on any atom is -0.370 e. The summed E-state index contributed by atoms with van der Waals surface area (Å²) in [5, 5.41) is 3.25. The van der Waals surface area contributed by atoms with Crippen LogP contribution < -0.4 is 11.1 Å². The topological polar surface area (TPSA) is 50.4 Å². The maximum absolute atomic E-state index is 5.92. The van der Waals surface area contributed by atoms with Gasteiger partial charge in [0.2, 0.25) is 0 Å². The van der Waals surface area contributed by atoms with Crippen LogP contribution >= 0.6 is 24.0 Å². The third-order valence-corrected chi connectivity index (χ3v) is 4.18. The van der Waals surface area contributed by atoms with Crippen molar-refractivity contribution in [2.75, 3.05) is 6.54 Å². The Kier molecular flexibility index (Phi) is 4.71. The maximum Gasteiger partial charge on any atom is 0.188 e. The summed E-state index contributed by atoms with van der Waals surface area (Å²) in [7, 11) is 0. The lowest BCUT2D eigenvalue weighted by atomic mass is 9.64. The van der Waals surface area contributed by atoms with Crippen LogP contribution in [0.15, 0.2) is 35.3 Å². The third-order valence-electron chi connectivity index (χ3n) is 4.18. The SMILES string of the molecule is I.NC(=NCC1(c2ccccc2)CCC1)NC1CC1. The van der Waals surface area contributed by atoms with Crippen molar-refractivity contribution in [3.8, 4) is 0 Å². The van der Waals surface area contributed by atoms with Crippen LogP contribution in [0.3, 0.4) is 0 Å². The molecular formula is C15H22IN3. The summed E-state index contributed by atoms with van der Waals surface area (Å²) < 4.78 is 0. The van der Waals surface area contributed by atoms with Gasteiger partial charge < -0.3 is 11.1 Å². The number of halogens is 1. The first-order chi connectivity index (χ1) is 8.78. The molecule has 0 amide bonds. The zero-order valence-electron chi connectivity index (χ0n) is 11.1. The third kappa shape index (κ3) is 3.41. The average molecular weight is 371 g/mol. The summed E-state index contributed by atoms with van der Waals surface area (Å²) in [4.78, 5) is 4.56. The highest BCUT2D eigenvalue weighted by molar-refractivity contribution is 14.0. The fraction of sp³-hybridized carbons (Fsp3) is 0.533. The monoisotopic (exact) mass is 371 g/mol. The van der Waals surface area contributed by atoms with Crippen molar-refractivity contribution >= 4 is 29.9 Å². The fourth-order valence-corrected chi connectivity index (χ4v) is 2.65. The molecule has 4 heteroatoms. The molecule has 2 aliphatic carbocycles. The van der Waals surface area contributed by atoms with Gasteiger partial charge in [-0.25, -0.2) is 0 Å². The van der Waals surface area contributed by atoms with E-state index in [-0.39, 0.29) is 29.4 Å². The van der Waals surface area contributed by atoms with Crippen LogP contribution in [0, 0.1) is 0 Å². The molecule has 0 radical (unpaired) electrons. The molecule has 0 bridgehead atoms. The Morgan fingerprint density at radius 1 is 1.26 bits per heavy atom. The predicted octanol–water partition coefficient (Wildman–Crippen LogP) is 2.79. The smallest absolute Gasteiger partial charge is 0.188 e. The molecule has 2 fully saturated rings. The Labute approximate surface area is 132 Å². The van der Waals surface area contributed by atoms with E-state index in [9.17, 15) is 0 Å². The van der Waals surface area contributed by atoms with Crippen molar-refractivity contribution < 1.29 is 0 Å². The van der Waals surface area contributed by atoms with E-state index in [2.05, 4.69) is 40.6 Å². The van der Waals surface area contributed by atoms with Crippen molar-refractivity contribution in [3.63, 3.8) is 0 Å². The summed E-state index contributed by atoms with van der Waals surface area (Å²) >= 11 is 0. The summed E-state index contributed by atoms with van der Waals surface area (Å²) in [6.45, 7) is 0.822. The van der Waals surface area contributed by atoms with Crippen LogP contribution in [0.25, 0.3) is 0 Å². The molecule has 1 aromatic rings. The highest BCUT2D eigenvalue weighted by atomic mass is 127. The van der Waals surface area contributed by atoms with E-state index < -0.39 is 0 Å². The highest BCUT2D eigenvalue weighted by Crippen LogP contribution is 2.43. The van der Waals surface area contributed by atoms with E-state index >= 15 is 0 Å².